The van der Waals surface area contributed by atoms with Crippen molar-refractivity contribution in [2.24, 2.45) is 11.3 Å². The topological polar surface area (TPSA) is 0 Å². The summed E-state index contributed by atoms with van der Waals surface area (Å²) in [5, 5.41) is 1.06. The minimum atomic E-state index is 0.540. The second-order valence-corrected chi connectivity index (χ2v) is 6.59. The summed E-state index contributed by atoms with van der Waals surface area (Å²) >= 11 is 6.62. The Hall–Kier alpha value is -0.490. The lowest BCUT2D eigenvalue weighted by Gasteiger charge is -2.49. The number of fused-ring (bicyclic) bond motifs is 2. The largest absolute Gasteiger partial charge is 0.0842 e. The maximum Gasteiger partial charge on any atom is 0.0469 e. The van der Waals surface area contributed by atoms with Gasteiger partial charge < -0.3 is 0 Å². The van der Waals surface area contributed by atoms with E-state index in [-0.39, 0.29) is 0 Å². The average molecular weight is 263 g/mol. The van der Waals surface area contributed by atoms with Gasteiger partial charge in [-0.3, -0.25) is 0 Å². The van der Waals surface area contributed by atoms with E-state index in [9.17, 15) is 0 Å². The fourth-order valence-electron chi connectivity index (χ4n) is 4.38. The van der Waals surface area contributed by atoms with Crippen molar-refractivity contribution in [3.05, 3.63) is 34.4 Å². The molecule has 0 bridgehead atoms. The van der Waals surface area contributed by atoms with Crippen molar-refractivity contribution in [3.63, 3.8) is 0 Å². The van der Waals surface area contributed by atoms with Crippen LogP contribution in [0, 0.1) is 11.3 Å². The molecule has 1 fully saturated rings. The third-order valence-corrected chi connectivity index (χ3v) is 5.77. The van der Waals surface area contributed by atoms with E-state index >= 15 is 0 Å². The summed E-state index contributed by atoms with van der Waals surface area (Å²) in [6.45, 7) is 2.14. The Morgan fingerprint density at radius 3 is 2.78 bits per heavy atom. The monoisotopic (exact) mass is 262 g/mol. The molecule has 0 aromatic carbocycles. The van der Waals surface area contributed by atoms with Gasteiger partial charge in [0.2, 0.25) is 0 Å². The number of hydrogen-bond donors (Lipinski definition) is 0. The van der Waals surface area contributed by atoms with Crippen LogP contribution in [0.1, 0.15) is 58.3 Å². The first-order valence-corrected chi connectivity index (χ1v) is 7.86. The van der Waals surface area contributed by atoms with E-state index in [1.54, 1.807) is 0 Å². The Morgan fingerprint density at radius 1 is 1.28 bits per heavy atom. The van der Waals surface area contributed by atoms with Gasteiger partial charge in [0, 0.05) is 5.03 Å². The van der Waals surface area contributed by atoms with E-state index in [4.69, 9.17) is 11.6 Å². The second-order valence-electron chi connectivity index (χ2n) is 6.22. The molecular formula is C17H23Cl. The van der Waals surface area contributed by atoms with Crippen LogP contribution in [0.5, 0.6) is 0 Å². The van der Waals surface area contributed by atoms with E-state index < -0.39 is 0 Å². The van der Waals surface area contributed by atoms with E-state index in [1.807, 2.05) is 0 Å². The molecule has 0 aliphatic heterocycles. The van der Waals surface area contributed by atoms with Gasteiger partial charge in [-0.05, 0) is 61.5 Å². The van der Waals surface area contributed by atoms with Gasteiger partial charge in [-0.25, -0.2) is 0 Å². The van der Waals surface area contributed by atoms with Crippen molar-refractivity contribution >= 4 is 11.6 Å². The van der Waals surface area contributed by atoms with Crippen LogP contribution >= 0.6 is 11.6 Å². The van der Waals surface area contributed by atoms with Crippen LogP contribution in [-0.2, 0) is 0 Å². The van der Waals surface area contributed by atoms with Gasteiger partial charge in [0.25, 0.3) is 0 Å². The van der Waals surface area contributed by atoms with E-state index in [0.717, 1.165) is 11.0 Å². The zero-order valence-corrected chi connectivity index (χ0v) is 12.1. The molecule has 0 amide bonds. The highest BCUT2D eigenvalue weighted by atomic mass is 35.5. The summed E-state index contributed by atoms with van der Waals surface area (Å²) in [6, 6.07) is 0. The molecule has 1 atom stereocenters. The quantitative estimate of drug-likeness (QED) is 0.522. The van der Waals surface area contributed by atoms with Crippen molar-refractivity contribution in [2.45, 2.75) is 58.3 Å². The fourth-order valence-corrected chi connectivity index (χ4v) is 4.75. The van der Waals surface area contributed by atoms with Crippen LogP contribution < -0.4 is 0 Å². The third kappa shape index (κ3) is 1.90. The SMILES string of the molecule is C/C=C1\CC2(CCCCC2)C2CCC=CC2=C1Cl. The molecule has 0 aromatic heterocycles. The van der Waals surface area contributed by atoms with Crippen LogP contribution in [0.3, 0.4) is 0 Å². The van der Waals surface area contributed by atoms with Crippen LogP contribution in [0.15, 0.2) is 34.4 Å². The molecule has 1 heteroatoms. The zero-order chi connectivity index (χ0) is 12.6. The molecule has 0 N–H and O–H groups in total. The van der Waals surface area contributed by atoms with Gasteiger partial charge in [0.15, 0.2) is 0 Å². The van der Waals surface area contributed by atoms with E-state index in [0.29, 0.717) is 5.41 Å². The highest BCUT2D eigenvalue weighted by molar-refractivity contribution is 6.32. The summed E-state index contributed by atoms with van der Waals surface area (Å²) < 4.78 is 0. The van der Waals surface area contributed by atoms with Gasteiger partial charge in [-0.1, -0.05) is 49.1 Å². The minimum absolute atomic E-state index is 0.540. The summed E-state index contributed by atoms with van der Waals surface area (Å²) in [6.07, 6.45) is 17.7. The Morgan fingerprint density at radius 2 is 2.06 bits per heavy atom. The van der Waals surface area contributed by atoms with Gasteiger partial charge in [0.1, 0.15) is 0 Å². The third-order valence-electron chi connectivity index (χ3n) is 5.31. The maximum absolute atomic E-state index is 6.62. The lowest BCUT2D eigenvalue weighted by molar-refractivity contribution is 0.106. The number of allylic oxidation sites excluding steroid dienone is 6. The van der Waals surface area contributed by atoms with Crippen LogP contribution in [0.4, 0.5) is 0 Å². The lowest BCUT2D eigenvalue weighted by Crippen LogP contribution is -2.38. The normalized spacial score (nSPS) is 33.0. The standard InChI is InChI=1S/C17H23Cl/c1-2-13-12-17(10-6-3-7-11-17)15-9-5-4-8-14(15)16(13)18/h2,4,8,15H,3,5-7,9-12H2,1H3/b13-2+. The number of halogens is 1. The predicted octanol–water partition coefficient (Wildman–Crippen LogP) is 5.75. The molecule has 3 rings (SSSR count). The first-order valence-electron chi connectivity index (χ1n) is 7.49. The molecular weight excluding hydrogens is 240 g/mol. The van der Waals surface area contributed by atoms with Gasteiger partial charge >= 0.3 is 0 Å². The molecule has 3 aliphatic carbocycles. The zero-order valence-electron chi connectivity index (χ0n) is 11.3. The average Bonchev–Trinajstić information content (AvgIpc) is 2.44. The summed E-state index contributed by atoms with van der Waals surface area (Å²) in [5.41, 5.74) is 3.39. The molecule has 98 valence electrons. The molecule has 0 heterocycles. The molecule has 0 aromatic rings. The molecule has 0 nitrogen and oxygen atoms in total. The Kier molecular flexibility index (Phi) is 3.40. The molecule has 1 unspecified atom stereocenters. The molecule has 1 saturated carbocycles. The van der Waals surface area contributed by atoms with E-state index in [2.05, 4.69) is 25.2 Å². The van der Waals surface area contributed by atoms with Crippen molar-refractivity contribution < 1.29 is 0 Å². The van der Waals surface area contributed by atoms with Crippen LogP contribution in [-0.4, -0.2) is 0 Å². The number of rotatable bonds is 0. The molecule has 3 aliphatic rings. The van der Waals surface area contributed by atoms with Crippen molar-refractivity contribution in [3.8, 4) is 0 Å². The molecule has 18 heavy (non-hydrogen) atoms. The van der Waals surface area contributed by atoms with Crippen LogP contribution in [0.2, 0.25) is 0 Å². The number of hydrogen-bond acceptors (Lipinski definition) is 0. The Balaban J connectivity index is 2.06. The first kappa shape index (κ1) is 12.5. The van der Waals surface area contributed by atoms with Crippen molar-refractivity contribution in [1.82, 2.24) is 0 Å². The predicted molar refractivity (Wildman–Crippen MR) is 78.6 cm³/mol. The second kappa shape index (κ2) is 4.89. The fraction of sp³-hybridized carbons (Fsp3) is 0.647. The summed E-state index contributed by atoms with van der Waals surface area (Å²) in [4.78, 5) is 0. The van der Waals surface area contributed by atoms with Gasteiger partial charge in [0.05, 0.1) is 0 Å². The summed E-state index contributed by atoms with van der Waals surface area (Å²) in [7, 11) is 0. The maximum atomic E-state index is 6.62. The molecule has 1 spiro atoms. The highest BCUT2D eigenvalue weighted by Crippen LogP contribution is 2.57. The smallest absolute Gasteiger partial charge is 0.0469 e. The Bertz CT molecular complexity index is 419. The molecule has 0 radical (unpaired) electrons. The highest BCUT2D eigenvalue weighted by Gasteiger charge is 2.45. The van der Waals surface area contributed by atoms with Gasteiger partial charge in [-0.15, -0.1) is 0 Å². The minimum Gasteiger partial charge on any atom is -0.0842 e. The summed E-state index contributed by atoms with van der Waals surface area (Å²) in [5.74, 6) is 0.735. The van der Waals surface area contributed by atoms with E-state index in [1.165, 1.54) is 62.5 Å². The molecule has 0 saturated heterocycles. The van der Waals surface area contributed by atoms with Crippen LogP contribution in [0.25, 0.3) is 0 Å². The van der Waals surface area contributed by atoms with Gasteiger partial charge in [-0.2, -0.15) is 0 Å². The Labute approximate surface area is 116 Å². The van der Waals surface area contributed by atoms with Crippen molar-refractivity contribution in [1.29, 1.82) is 0 Å². The first-order chi connectivity index (χ1) is 8.77. The lowest BCUT2D eigenvalue weighted by atomic mass is 9.56. The van der Waals surface area contributed by atoms with Crippen molar-refractivity contribution in [2.75, 3.05) is 0 Å².